The first-order valence-corrected chi connectivity index (χ1v) is 7.92. The van der Waals surface area contributed by atoms with Crippen molar-refractivity contribution in [3.8, 4) is 5.75 Å². The van der Waals surface area contributed by atoms with Crippen molar-refractivity contribution in [2.45, 2.75) is 46.1 Å². The van der Waals surface area contributed by atoms with Gasteiger partial charge in [-0.25, -0.2) is 0 Å². The van der Waals surface area contributed by atoms with Crippen molar-refractivity contribution in [3.63, 3.8) is 0 Å². The number of hydrogen-bond donors (Lipinski definition) is 0. The second-order valence-corrected chi connectivity index (χ2v) is 6.22. The van der Waals surface area contributed by atoms with E-state index in [1.807, 2.05) is 4.90 Å². The Labute approximate surface area is 135 Å². The van der Waals surface area contributed by atoms with Crippen molar-refractivity contribution < 1.29 is 9.53 Å². The van der Waals surface area contributed by atoms with Gasteiger partial charge in [0.2, 0.25) is 0 Å². The molecule has 1 aliphatic heterocycles. The summed E-state index contributed by atoms with van der Waals surface area (Å²) >= 11 is 12.3. The van der Waals surface area contributed by atoms with Crippen LogP contribution < -0.4 is 4.74 Å². The minimum Gasteiger partial charge on any atom is -0.480 e. The molecule has 1 saturated heterocycles. The van der Waals surface area contributed by atoms with E-state index in [1.165, 1.54) is 6.42 Å². The molecule has 1 fully saturated rings. The minimum absolute atomic E-state index is 0.0264. The molecule has 0 aromatic carbocycles. The van der Waals surface area contributed by atoms with Gasteiger partial charge in [-0.05, 0) is 40.0 Å². The molecule has 1 aromatic rings. The van der Waals surface area contributed by atoms with Gasteiger partial charge in [0.25, 0.3) is 5.91 Å². The molecule has 2 rings (SSSR count). The predicted octanol–water partition coefficient (Wildman–Crippen LogP) is 3.79. The molecule has 1 amide bonds. The first kappa shape index (κ1) is 16.4. The van der Waals surface area contributed by atoms with E-state index in [-0.39, 0.29) is 18.6 Å². The molecule has 0 saturated carbocycles. The number of aromatic nitrogens is 1. The zero-order chi connectivity index (χ0) is 15.6. The van der Waals surface area contributed by atoms with Gasteiger partial charge in [-0.15, -0.1) is 0 Å². The molecule has 4 nitrogen and oxygen atoms in total. The molecule has 1 atom stereocenters. The highest BCUT2D eigenvalue weighted by Crippen LogP contribution is 2.36. The molecule has 0 radical (unpaired) electrons. The third kappa shape index (κ3) is 3.61. The number of pyridine rings is 1. The summed E-state index contributed by atoms with van der Waals surface area (Å²) in [7, 11) is 0. The Morgan fingerprint density at radius 3 is 2.48 bits per heavy atom. The van der Waals surface area contributed by atoms with Crippen LogP contribution in [0.3, 0.4) is 0 Å². The lowest BCUT2D eigenvalue weighted by Crippen LogP contribution is -2.44. The van der Waals surface area contributed by atoms with E-state index in [4.69, 9.17) is 27.9 Å². The molecular weight excluding hydrogens is 311 g/mol. The SMILES string of the molecule is Cc1nc(C)c(Cl)c(OCC(=O)N2CCCCC2C)c1Cl. The normalized spacial score (nSPS) is 18.7. The number of carbonyl (C=O) groups excluding carboxylic acids is 1. The highest BCUT2D eigenvalue weighted by molar-refractivity contribution is 6.37. The molecule has 2 heterocycles. The monoisotopic (exact) mass is 330 g/mol. The Bertz CT molecular complexity index is 523. The topological polar surface area (TPSA) is 42.4 Å². The third-order valence-electron chi connectivity index (χ3n) is 3.83. The summed E-state index contributed by atoms with van der Waals surface area (Å²) in [6.45, 7) is 6.38. The zero-order valence-electron chi connectivity index (χ0n) is 12.6. The standard InChI is InChI=1S/C15H20Cl2N2O2/c1-9-6-4-5-7-19(9)12(20)8-21-15-13(16)10(2)18-11(3)14(15)17/h9H,4-8H2,1-3H3. The van der Waals surface area contributed by atoms with E-state index >= 15 is 0 Å². The van der Waals surface area contributed by atoms with Gasteiger partial charge in [0.1, 0.15) is 10.0 Å². The summed E-state index contributed by atoms with van der Waals surface area (Å²) in [5, 5.41) is 0.732. The van der Waals surface area contributed by atoms with Crippen LogP contribution in [0.15, 0.2) is 0 Å². The van der Waals surface area contributed by atoms with Crippen LogP contribution in [0.4, 0.5) is 0 Å². The molecule has 0 spiro atoms. The van der Waals surface area contributed by atoms with Crippen LogP contribution in [0, 0.1) is 13.8 Å². The van der Waals surface area contributed by atoms with Gasteiger partial charge in [0.05, 0.1) is 11.4 Å². The summed E-state index contributed by atoms with van der Waals surface area (Å²) in [5.74, 6) is 0.322. The third-order valence-corrected chi connectivity index (χ3v) is 4.72. The summed E-state index contributed by atoms with van der Waals surface area (Å²) in [6.07, 6.45) is 3.26. The van der Waals surface area contributed by atoms with Crippen LogP contribution in [0.25, 0.3) is 0 Å². The summed E-state index contributed by atoms with van der Waals surface area (Å²) in [5.41, 5.74) is 1.29. The lowest BCUT2D eigenvalue weighted by Gasteiger charge is -2.33. The van der Waals surface area contributed by atoms with Crippen molar-refractivity contribution in [1.82, 2.24) is 9.88 Å². The number of carbonyl (C=O) groups is 1. The molecule has 1 aliphatic rings. The number of amides is 1. The smallest absolute Gasteiger partial charge is 0.260 e. The van der Waals surface area contributed by atoms with E-state index in [1.54, 1.807) is 13.8 Å². The highest BCUT2D eigenvalue weighted by Gasteiger charge is 2.24. The van der Waals surface area contributed by atoms with Gasteiger partial charge < -0.3 is 9.64 Å². The molecule has 21 heavy (non-hydrogen) atoms. The van der Waals surface area contributed by atoms with Crippen LogP contribution in [0.5, 0.6) is 5.75 Å². The van der Waals surface area contributed by atoms with Crippen molar-refractivity contribution >= 4 is 29.1 Å². The Balaban J connectivity index is 2.08. The number of halogens is 2. The van der Waals surface area contributed by atoms with Crippen molar-refractivity contribution in [2.75, 3.05) is 13.2 Å². The second-order valence-electron chi connectivity index (χ2n) is 5.46. The van der Waals surface area contributed by atoms with Crippen LogP contribution in [0.2, 0.25) is 10.0 Å². The first-order valence-electron chi connectivity index (χ1n) is 7.16. The van der Waals surface area contributed by atoms with Crippen LogP contribution in [0.1, 0.15) is 37.6 Å². The first-order chi connectivity index (χ1) is 9.91. The Hall–Kier alpha value is -1.00. The average molecular weight is 331 g/mol. The number of rotatable bonds is 3. The number of likely N-dealkylation sites (tertiary alicyclic amines) is 1. The Morgan fingerprint density at radius 1 is 1.29 bits per heavy atom. The summed E-state index contributed by atoms with van der Waals surface area (Å²) in [6, 6.07) is 0.265. The summed E-state index contributed by atoms with van der Waals surface area (Å²) < 4.78 is 5.60. The fourth-order valence-electron chi connectivity index (χ4n) is 2.59. The van der Waals surface area contributed by atoms with Gasteiger partial charge >= 0.3 is 0 Å². The Morgan fingerprint density at radius 2 is 1.90 bits per heavy atom. The second kappa shape index (κ2) is 6.84. The van der Waals surface area contributed by atoms with E-state index in [2.05, 4.69) is 11.9 Å². The average Bonchev–Trinajstić information content (AvgIpc) is 2.45. The van der Waals surface area contributed by atoms with Crippen molar-refractivity contribution in [1.29, 1.82) is 0 Å². The Kier molecular flexibility index (Phi) is 5.33. The largest absolute Gasteiger partial charge is 0.480 e. The maximum absolute atomic E-state index is 12.3. The van der Waals surface area contributed by atoms with E-state index in [0.29, 0.717) is 27.2 Å². The van der Waals surface area contributed by atoms with Crippen LogP contribution >= 0.6 is 23.2 Å². The molecule has 6 heteroatoms. The quantitative estimate of drug-likeness (QED) is 0.846. The van der Waals surface area contributed by atoms with Crippen molar-refractivity contribution in [2.24, 2.45) is 0 Å². The number of piperidine rings is 1. The fourth-order valence-corrected chi connectivity index (χ4v) is 3.02. The van der Waals surface area contributed by atoms with E-state index < -0.39 is 0 Å². The predicted molar refractivity (Wildman–Crippen MR) is 84.3 cm³/mol. The number of nitrogens with zero attached hydrogens (tertiary/aromatic N) is 2. The lowest BCUT2D eigenvalue weighted by atomic mass is 10.0. The fraction of sp³-hybridized carbons (Fsp3) is 0.600. The molecule has 1 aromatic heterocycles. The molecule has 0 bridgehead atoms. The zero-order valence-corrected chi connectivity index (χ0v) is 14.1. The number of hydrogen-bond acceptors (Lipinski definition) is 3. The lowest BCUT2D eigenvalue weighted by molar-refractivity contribution is -0.136. The van der Waals surface area contributed by atoms with Gasteiger partial charge in [0.15, 0.2) is 12.4 Å². The number of aryl methyl sites for hydroxylation is 2. The van der Waals surface area contributed by atoms with Crippen molar-refractivity contribution in [3.05, 3.63) is 21.4 Å². The van der Waals surface area contributed by atoms with Crippen LogP contribution in [-0.4, -0.2) is 35.0 Å². The van der Waals surface area contributed by atoms with Gasteiger partial charge in [-0.3, -0.25) is 9.78 Å². The molecule has 116 valence electrons. The van der Waals surface area contributed by atoms with Gasteiger partial charge in [-0.2, -0.15) is 0 Å². The van der Waals surface area contributed by atoms with Gasteiger partial charge in [0, 0.05) is 12.6 Å². The minimum atomic E-state index is -0.0489. The van der Waals surface area contributed by atoms with Gasteiger partial charge in [-0.1, -0.05) is 23.2 Å². The molecule has 1 unspecified atom stereocenters. The van der Waals surface area contributed by atoms with E-state index in [9.17, 15) is 4.79 Å². The highest BCUT2D eigenvalue weighted by atomic mass is 35.5. The maximum Gasteiger partial charge on any atom is 0.260 e. The molecule has 0 aliphatic carbocycles. The van der Waals surface area contributed by atoms with Crippen LogP contribution in [-0.2, 0) is 4.79 Å². The molecular formula is C15H20Cl2N2O2. The maximum atomic E-state index is 12.3. The van der Waals surface area contributed by atoms with E-state index in [0.717, 1.165) is 19.4 Å². The molecule has 0 N–H and O–H groups in total. The number of ether oxygens (including phenoxy) is 1. The summed E-state index contributed by atoms with van der Waals surface area (Å²) in [4.78, 5) is 18.4.